The number of phenols is 1. The monoisotopic (exact) mass is 357 g/mol. The Labute approximate surface area is 153 Å². The van der Waals surface area contributed by atoms with Crippen LogP contribution in [0.15, 0.2) is 48.5 Å². The smallest absolute Gasteiger partial charge is 0.237 e. The van der Waals surface area contributed by atoms with E-state index in [0.29, 0.717) is 5.56 Å². The zero-order chi connectivity index (χ0) is 18.5. The number of halogens is 1. The number of nitrogens with zero attached hydrogens (tertiary/aromatic N) is 2. The molecular formula is C20H24FN3O2. The van der Waals surface area contributed by atoms with Crippen molar-refractivity contribution >= 4 is 11.6 Å². The topological polar surface area (TPSA) is 55.8 Å². The second-order valence-corrected chi connectivity index (χ2v) is 6.50. The first-order chi connectivity index (χ1) is 12.6. The van der Waals surface area contributed by atoms with Crippen molar-refractivity contribution in [3.8, 4) is 5.75 Å². The molecule has 0 spiro atoms. The van der Waals surface area contributed by atoms with Crippen molar-refractivity contribution in [2.75, 3.05) is 31.1 Å². The average molecular weight is 357 g/mol. The van der Waals surface area contributed by atoms with Gasteiger partial charge in [-0.2, -0.15) is 0 Å². The van der Waals surface area contributed by atoms with E-state index in [1.54, 1.807) is 30.3 Å². The molecule has 138 valence electrons. The van der Waals surface area contributed by atoms with Crippen molar-refractivity contribution in [3.05, 3.63) is 59.9 Å². The lowest BCUT2D eigenvalue weighted by molar-refractivity contribution is -0.126. The Kier molecular flexibility index (Phi) is 5.73. The fraction of sp³-hybridized carbons (Fsp3) is 0.350. The number of aromatic hydroxyl groups is 1. The first-order valence-corrected chi connectivity index (χ1v) is 8.84. The van der Waals surface area contributed by atoms with Crippen LogP contribution in [-0.4, -0.2) is 48.1 Å². The Morgan fingerprint density at radius 1 is 1.12 bits per heavy atom. The number of rotatable bonds is 5. The van der Waals surface area contributed by atoms with Gasteiger partial charge < -0.3 is 15.3 Å². The second-order valence-electron chi connectivity index (χ2n) is 6.50. The van der Waals surface area contributed by atoms with E-state index in [4.69, 9.17) is 0 Å². The number of carbonyl (C=O) groups is 1. The van der Waals surface area contributed by atoms with Gasteiger partial charge in [-0.15, -0.1) is 0 Å². The summed E-state index contributed by atoms with van der Waals surface area (Å²) in [5.41, 5.74) is 1.31. The number of hydrogen-bond acceptors (Lipinski definition) is 4. The van der Waals surface area contributed by atoms with Gasteiger partial charge in [-0.05, 0) is 25.1 Å². The summed E-state index contributed by atoms with van der Waals surface area (Å²) in [5, 5.41) is 12.8. The van der Waals surface area contributed by atoms with Gasteiger partial charge in [0.2, 0.25) is 5.91 Å². The van der Waals surface area contributed by atoms with E-state index in [0.717, 1.165) is 31.9 Å². The van der Waals surface area contributed by atoms with E-state index in [9.17, 15) is 14.3 Å². The maximum Gasteiger partial charge on any atom is 0.237 e. The molecule has 0 saturated carbocycles. The summed E-state index contributed by atoms with van der Waals surface area (Å²) >= 11 is 0. The minimum atomic E-state index is -0.309. The molecule has 1 unspecified atom stereocenters. The van der Waals surface area contributed by atoms with Crippen LogP contribution in [0, 0.1) is 5.82 Å². The fourth-order valence-electron chi connectivity index (χ4n) is 3.22. The first kappa shape index (κ1) is 18.2. The lowest BCUT2D eigenvalue weighted by Gasteiger charge is -2.38. The maximum absolute atomic E-state index is 13.6. The lowest BCUT2D eigenvalue weighted by Crippen LogP contribution is -2.53. The Hall–Kier alpha value is -2.60. The third-order valence-electron chi connectivity index (χ3n) is 4.87. The van der Waals surface area contributed by atoms with Crippen LogP contribution in [0.25, 0.3) is 0 Å². The van der Waals surface area contributed by atoms with Crippen LogP contribution in [0.1, 0.15) is 12.5 Å². The number of benzene rings is 2. The first-order valence-electron chi connectivity index (χ1n) is 8.84. The molecule has 0 radical (unpaired) electrons. The van der Waals surface area contributed by atoms with Gasteiger partial charge in [-0.25, -0.2) is 4.39 Å². The zero-order valence-electron chi connectivity index (χ0n) is 14.9. The van der Waals surface area contributed by atoms with Gasteiger partial charge in [0.25, 0.3) is 0 Å². The van der Waals surface area contributed by atoms with Crippen LogP contribution in [0.5, 0.6) is 5.75 Å². The fourth-order valence-corrected chi connectivity index (χ4v) is 3.22. The van der Waals surface area contributed by atoms with Gasteiger partial charge in [-0.1, -0.05) is 30.3 Å². The number of carbonyl (C=O) groups excluding carboxylic acids is 1. The minimum absolute atomic E-state index is 0.107. The van der Waals surface area contributed by atoms with Crippen molar-refractivity contribution in [2.45, 2.75) is 19.5 Å². The number of phenolic OH excluding ortho intramolecular Hbond substituents is 1. The normalized spacial score (nSPS) is 16.3. The molecule has 1 fully saturated rings. The largest absolute Gasteiger partial charge is 0.506 e. The van der Waals surface area contributed by atoms with Crippen LogP contribution in [-0.2, 0) is 11.3 Å². The van der Waals surface area contributed by atoms with E-state index < -0.39 is 0 Å². The average Bonchev–Trinajstić information content (AvgIpc) is 2.67. The van der Waals surface area contributed by atoms with E-state index >= 15 is 0 Å². The second kappa shape index (κ2) is 8.19. The van der Waals surface area contributed by atoms with E-state index in [-0.39, 0.29) is 30.1 Å². The number of para-hydroxylation sites is 2. The van der Waals surface area contributed by atoms with Crippen molar-refractivity contribution in [1.29, 1.82) is 0 Å². The summed E-state index contributed by atoms with van der Waals surface area (Å²) in [4.78, 5) is 16.6. The van der Waals surface area contributed by atoms with Gasteiger partial charge >= 0.3 is 0 Å². The molecule has 6 heteroatoms. The molecule has 1 saturated heterocycles. The molecule has 0 aromatic heterocycles. The van der Waals surface area contributed by atoms with Crippen LogP contribution in [0.2, 0.25) is 0 Å². The predicted molar refractivity (Wildman–Crippen MR) is 99.6 cm³/mol. The van der Waals surface area contributed by atoms with E-state index in [1.807, 2.05) is 19.1 Å². The highest BCUT2D eigenvalue weighted by Gasteiger charge is 2.26. The van der Waals surface area contributed by atoms with Gasteiger partial charge in [0.1, 0.15) is 11.6 Å². The minimum Gasteiger partial charge on any atom is -0.506 e. The van der Waals surface area contributed by atoms with Crippen LogP contribution in [0.3, 0.4) is 0 Å². The maximum atomic E-state index is 13.6. The van der Waals surface area contributed by atoms with E-state index in [2.05, 4.69) is 15.1 Å². The van der Waals surface area contributed by atoms with Crippen molar-refractivity contribution in [1.82, 2.24) is 10.2 Å². The molecule has 3 rings (SSSR count). The molecule has 2 aromatic rings. The summed E-state index contributed by atoms with van der Waals surface area (Å²) in [5.74, 6) is -0.141. The quantitative estimate of drug-likeness (QED) is 0.863. The highest BCUT2D eigenvalue weighted by Crippen LogP contribution is 2.27. The number of nitrogens with one attached hydrogen (secondary N) is 1. The van der Waals surface area contributed by atoms with Crippen LogP contribution in [0.4, 0.5) is 10.1 Å². The summed E-state index contributed by atoms with van der Waals surface area (Å²) in [6.07, 6.45) is 0. The predicted octanol–water partition coefficient (Wildman–Crippen LogP) is 2.36. The number of amides is 1. The standard InChI is InChI=1S/C20H24FN3O2/c1-15(20(26)22-14-16-6-2-3-7-17(16)21)23-10-12-24(13-11-23)18-8-4-5-9-19(18)25/h2-9,15,25H,10-14H2,1H3,(H,22,26). The molecule has 0 bridgehead atoms. The molecule has 26 heavy (non-hydrogen) atoms. The highest BCUT2D eigenvalue weighted by molar-refractivity contribution is 5.81. The molecule has 2 aromatic carbocycles. The summed E-state index contributed by atoms with van der Waals surface area (Å²) in [6.45, 7) is 4.98. The van der Waals surface area contributed by atoms with Gasteiger partial charge in [0.15, 0.2) is 0 Å². The third kappa shape index (κ3) is 4.14. The zero-order valence-corrected chi connectivity index (χ0v) is 14.9. The van der Waals surface area contributed by atoms with Crippen molar-refractivity contribution < 1.29 is 14.3 Å². The molecule has 5 nitrogen and oxygen atoms in total. The summed E-state index contributed by atoms with van der Waals surface area (Å²) in [7, 11) is 0. The number of anilines is 1. The Morgan fingerprint density at radius 3 is 2.46 bits per heavy atom. The molecule has 1 aliphatic heterocycles. The van der Waals surface area contributed by atoms with Crippen LogP contribution < -0.4 is 10.2 Å². The van der Waals surface area contributed by atoms with E-state index in [1.165, 1.54) is 6.07 Å². The Balaban J connectivity index is 1.51. The third-order valence-corrected chi connectivity index (χ3v) is 4.87. The summed E-state index contributed by atoms with van der Waals surface area (Å²) in [6, 6.07) is 13.5. The van der Waals surface area contributed by atoms with Crippen molar-refractivity contribution in [3.63, 3.8) is 0 Å². The number of hydrogen-bond donors (Lipinski definition) is 2. The molecular weight excluding hydrogens is 333 g/mol. The Morgan fingerprint density at radius 2 is 1.77 bits per heavy atom. The molecule has 0 aliphatic carbocycles. The van der Waals surface area contributed by atoms with Crippen LogP contribution >= 0.6 is 0 Å². The molecule has 1 atom stereocenters. The lowest BCUT2D eigenvalue weighted by atomic mass is 10.1. The highest BCUT2D eigenvalue weighted by atomic mass is 19.1. The van der Waals surface area contributed by atoms with Crippen molar-refractivity contribution in [2.24, 2.45) is 0 Å². The number of piperazine rings is 1. The molecule has 1 amide bonds. The van der Waals surface area contributed by atoms with Gasteiger partial charge in [0.05, 0.1) is 11.7 Å². The van der Waals surface area contributed by atoms with Gasteiger partial charge in [0, 0.05) is 38.3 Å². The Bertz CT molecular complexity index is 760. The SMILES string of the molecule is CC(C(=O)NCc1ccccc1F)N1CCN(c2ccccc2O)CC1. The molecule has 2 N–H and O–H groups in total. The van der Waals surface area contributed by atoms with Gasteiger partial charge in [-0.3, -0.25) is 9.69 Å². The summed E-state index contributed by atoms with van der Waals surface area (Å²) < 4.78 is 13.6. The molecule has 1 heterocycles. The molecule has 1 aliphatic rings.